The van der Waals surface area contributed by atoms with Gasteiger partial charge in [-0.3, -0.25) is 14.8 Å². The molecule has 6 nitrogen and oxygen atoms in total. The average Bonchev–Trinajstić information content (AvgIpc) is 3.54. The Labute approximate surface area is 208 Å². The van der Waals surface area contributed by atoms with E-state index in [2.05, 4.69) is 38.4 Å². The number of carbonyl (C=O) groups excluding carboxylic acids is 1. The van der Waals surface area contributed by atoms with Gasteiger partial charge in [0.25, 0.3) is 5.91 Å². The summed E-state index contributed by atoms with van der Waals surface area (Å²) < 4.78 is 5.84. The Hall–Kier alpha value is -3.07. The first-order chi connectivity index (χ1) is 16.4. The van der Waals surface area contributed by atoms with Crippen LogP contribution in [0.15, 0.2) is 59.8 Å². The van der Waals surface area contributed by atoms with Gasteiger partial charge in [0.2, 0.25) is 0 Å². The molecule has 2 heterocycles. The number of thiazole rings is 2. The van der Waals surface area contributed by atoms with Gasteiger partial charge in [0, 0.05) is 24.5 Å². The highest BCUT2D eigenvalue weighted by Crippen LogP contribution is 2.33. The fourth-order valence-corrected chi connectivity index (χ4v) is 4.76. The third-order valence-electron chi connectivity index (χ3n) is 5.50. The first-order valence-electron chi connectivity index (χ1n) is 11.0. The Morgan fingerprint density at radius 3 is 2.24 bits per heavy atom. The van der Waals surface area contributed by atoms with Crippen molar-refractivity contribution < 1.29 is 9.53 Å². The smallest absolute Gasteiger partial charge is 0.252 e. The van der Waals surface area contributed by atoms with Crippen LogP contribution in [-0.2, 0) is 0 Å². The van der Waals surface area contributed by atoms with Crippen LogP contribution in [-0.4, -0.2) is 48.0 Å². The summed E-state index contributed by atoms with van der Waals surface area (Å²) in [6.45, 7) is 5.32. The van der Waals surface area contributed by atoms with Gasteiger partial charge in [0.15, 0.2) is 0 Å². The van der Waals surface area contributed by atoms with Crippen LogP contribution in [0.5, 0.6) is 5.75 Å². The zero-order valence-corrected chi connectivity index (χ0v) is 21.4. The average molecular weight is 493 g/mol. The molecule has 1 amide bonds. The van der Waals surface area contributed by atoms with E-state index in [9.17, 15) is 4.79 Å². The lowest BCUT2D eigenvalue weighted by molar-refractivity contribution is 0.0938. The van der Waals surface area contributed by atoms with E-state index in [0.29, 0.717) is 17.9 Å². The molecule has 1 atom stereocenters. The summed E-state index contributed by atoms with van der Waals surface area (Å²) in [5, 5.41) is 3.17. The van der Waals surface area contributed by atoms with Crippen LogP contribution in [0.2, 0.25) is 0 Å². The van der Waals surface area contributed by atoms with Crippen molar-refractivity contribution in [2.24, 2.45) is 0 Å². The molecule has 176 valence electrons. The van der Waals surface area contributed by atoms with E-state index in [1.807, 2.05) is 69.6 Å². The molecule has 0 saturated heterocycles. The van der Waals surface area contributed by atoms with Gasteiger partial charge in [-0.25, -0.2) is 0 Å². The lowest BCUT2D eigenvalue weighted by Gasteiger charge is -2.18. The Kier molecular flexibility index (Phi) is 7.72. The molecular weight excluding hydrogens is 464 g/mol. The SMILES string of the molecule is Cc1ccc(OCCN(C)C)cc1C(=O)N[C@H](C)c1cc(-c2cncs2)cc(-c2cncs2)c1. The fourth-order valence-electron chi connectivity index (χ4n) is 3.54. The summed E-state index contributed by atoms with van der Waals surface area (Å²) in [5.74, 6) is 0.579. The Morgan fingerprint density at radius 1 is 1.03 bits per heavy atom. The minimum absolute atomic E-state index is 0.120. The summed E-state index contributed by atoms with van der Waals surface area (Å²) in [4.78, 5) is 25.9. The third-order valence-corrected chi connectivity index (χ3v) is 7.14. The predicted molar refractivity (Wildman–Crippen MR) is 140 cm³/mol. The first kappa shape index (κ1) is 24.1. The molecule has 0 aliphatic carbocycles. The van der Waals surface area contributed by atoms with Crippen molar-refractivity contribution in [3.63, 3.8) is 0 Å². The van der Waals surface area contributed by atoms with Crippen molar-refractivity contribution >= 4 is 28.6 Å². The van der Waals surface area contributed by atoms with Gasteiger partial charge in [0.1, 0.15) is 12.4 Å². The number of hydrogen-bond donors (Lipinski definition) is 1. The first-order valence-corrected chi connectivity index (χ1v) is 12.8. The van der Waals surface area contributed by atoms with E-state index in [0.717, 1.165) is 38.6 Å². The third kappa shape index (κ3) is 5.88. The second-order valence-electron chi connectivity index (χ2n) is 8.40. The molecule has 2 aromatic carbocycles. The normalized spacial score (nSPS) is 12.0. The van der Waals surface area contributed by atoms with E-state index in [-0.39, 0.29) is 11.9 Å². The zero-order valence-electron chi connectivity index (χ0n) is 19.7. The second-order valence-corrected chi connectivity index (χ2v) is 10.2. The molecule has 0 aliphatic heterocycles. The number of likely N-dealkylation sites (N-methyl/N-ethyl adjacent to an activating group) is 1. The Bertz CT molecular complexity index is 1190. The number of ether oxygens (including phenoxy) is 1. The molecule has 0 spiro atoms. The second kappa shape index (κ2) is 10.9. The highest BCUT2D eigenvalue weighted by molar-refractivity contribution is 7.13. The summed E-state index contributed by atoms with van der Waals surface area (Å²) in [7, 11) is 4.01. The molecule has 0 saturated carbocycles. The molecule has 4 rings (SSSR count). The molecule has 0 radical (unpaired) electrons. The zero-order chi connectivity index (χ0) is 24.1. The summed E-state index contributed by atoms with van der Waals surface area (Å²) in [6.07, 6.45) is 3.74. The van der Waals surface area contributed by atoms with Crippen LogP contribution >= 0.6 is 22.7 Å². The van der Waals surface area contributed by atoms with Gasteiger partial charge in [-0.15, -0.1) is 22.7 Å². The summed E-state index contributed by atoms with van der Waals surface area (Å²) in [6, 6.07) is 11.9. The van der Waals surface area contributed by atoms with E-state index in [1.54, 1.807) is 22.7 Å². The topological polar surface area (TPSA) is 67.3 Å². The van der Waals surface area contributed by atoms with Crippen molar-refractivity contribution in [2.45, 2.75) is 19.9 Å². The number of rotatable bonds is 9. The number of aryl methyl sites for hydroxylation is 1. The maximum absolute atomic E-state index is 13.2. The van der Waals surface area contributed by atoms with Crippen molar-refractivity contribution in [1.29, 1.82) is 0 Å². The lowest BCUT2D eigenvalue weighted by atomic mass is 9.99. The van der Waals surface area contributed by atoms with Crippen LogP contribution in [0, 0.1) is 6.92 Å². The van der Waals surface area contributed by atoms with Gasteiger partial charge in [0.05, 0.1) is 26.8 Å². The van der Waals surface area contributed by atoms with Crippen molar-refractivity contribution in [3.8, 4) is 26.6 Å². The number of nitrogens with zero attached hydrogens (tertiary/aromatic N) is 3. The standard InChI is InChI=1S/C26H28N4O2S2/c1-17-5-6-22(32-8-7-30(3)4)12-23(17)26(31)29-18(2)19-9-20(24-13-27-15-33-24)11-21(10-19)25-14-28-16-34-25/h5-6,9-16,18H,7-8H2,1-4H3,(H,29,31)/t18-/m1/s1. The fraction of sp³-hybridized carbons (Fsp3) is 0.269. The van der Waals surface area contributed by atoms with Gasteiger partial charge >= 0.3 is 0 Å². The van der Waals surface area contributed by atoms with Crippen LogP contribution in [0.4, 0.5) is 0 Å². The Morgan fingerprint density at radius 2 is 1.68 bits per heavy atom. The number of amides is 1. The molecule has 0 bridgehead atoms. The number of carbonyl (C=O) groups is 1. The largest absolute Gasteiger partial charge is 0.492 e. The number of aromatic nitrogens is 2. The van der Waals surface area contributed by atoms with E-state index < -0.39 is 0 Å². The van der Waals surface area contributed by atoms with Gasteiger partial charge in [-0.05, 0) is 80.5 Å². The van der Waals surface area contributed by atoms with Crippen LogP contribution < -0.4 is 10.1 Å². The number of benzene rings is 2. The van der Waals surface area contributed by atoms with Crippen LogP contribution in [0.3, 0.4) is 0 Å². The molecule has 0 fully saturated rings. The van der Waals surface area contributed by atoms with E-state index in [4.69, 9.17) is 4.74 Å². The van der Waals surface area contributed by atoms with Crippen molar-refractivity contribution in [3.05, 3.63) is 76.5 Å². The van der Waals surface area contributed by atoms with Crippen molar-refractivity contribution in [1.82, 2.24) is 20.2 Å². The van der Waals surface area contributed by atoms with E-state index in [1.165, 1.54) is 0 Å². The lowest BCUT2D eigenvalue weighted by Crippen LogP contribution is -2.27. The monoisotopic (exact) mass is 492 g/mol. The molecule has 0 aliphatic rings. The molecule has 34 heavy (non-hydrogen) atoms. The molecular formula is C26H28N4O2S2. The van der Waals surface area contributed by atoms with Gasteiger partial charge < -0.3 is 15.0 Å². The molecule has 4 aromatic rings. The minimum atomic E-state index is -0.190. The highest BCUT2D eigenvalue weighted by atomic mass is 32.1. The molecule has 1 N–H and O–H groups in total. The quantitative estimate of drug-likeness (QED) is 0.326. The van der Waals surface area contributed by atoms with Crippen molar-refractivity contribution in [2.75, 3.05) is 27.2 Å². The van der Waals surface area contributed by atoms with Crippen LogP contribution in [0.1, 0.15) is 34.5 Å². The number of hydrogen-bond acceptors (Lipinski definition) is 7. The minimum Gasteiger partial charge on any atom is -0.492 e. The molecule has 8 heteroatoms. The summed E-state index contributed by atoms with van der Waals surface area (Å²) >= 11 is 3.19. The van der Waals surface area contributed by atoms with E-state index >= 15 is 0 Å². The highest BCUT2D eigenvalue weighted by Gasteiger charge is 2.17. The summed E-state index contributed by atoms with van der Waals surface area (Å²) in [5.41, 5.74) is 8.38. The predicted octanol–water partition coefficient (Wildman–Crippen LogP) is 5.67. The van der Waals surface area contributed by atoms with Gasteiger partial charge in [-0.1, -0.05) is 6.07 Å². The number of nitrogens with one attached hydrogen (secondary N) is 1. The van der Waals surface area contributed by atoms with Crippen LogP contribution in [0.25, 0.3) is 20.9 Å². The maximum atomic E-state index is 13.2. The Balaban J connectivity index is 1.56. The molecule has 2 aromatic heterocycles. The maximum Gasteiger partial charge on any atom is 0.252 e. The van der Waals surface area contributed by atoms with Gasteiger partial charge in [-0.2, -0.15) is 0 Å². The molecule has 0 unspecified atom stereocenters.